The SMILES string of the molecule is CC(C)CC(C(=O)O)c1ccc(OC(C)(C)C)cc1. The van der Waals surface area contributed by atoms with Crippen LogP contribution in [0.3, 0.4) is 0 Å². The number of carbonyl (C=O) groups is 1. The van der Waals surface area contributed by atoms with Crippen LogP contribution in [0.15, 0.2) is 24.3 Å². The Kier molecular flexibility index (Phi) is 4.98. The largest absolute Gasteiger partial charge is 0.488 e. The van der Waals surface area contributed by atoms with Gasteiger partial charge in [-0.2, -0.15) is 0 Å². The first-order chi connectivity index (χ1) is 8.69. The zero-order valence-electron chi connectivity index (χ0n) is 12.4. The molecule has 1 aromatic rings. The van der Waals surface area contributed by atoms with Crippen molar-refractivity contribution in [2.75, 3.05) is 0 Å². The molecule has 0 saturated carbocycles. The van der Waals surface area contributed by atoms with Gasteiger partial charge in [0, 0.05) is 0 Å². The molecule has 106 valence electrons. The van der Waals surface area contributed by atoms with E-state index in [1.807, 2.05) is 58.9 Å². The molecule has 1 unspecified atom stereocenters. The molecule has 0 radical (unpaired) electrons. The lowest BCUT2D eigenvalue weighted by atomic mass is 9.90. The molecule has 0 aliphatic heterocycles. The Hall–Kier alpha value is -1.51. The maximum Gasteiger partial charge on any atom is 0.310 e. The van der Waals surface area contributed by atoms with Crippen molar-refractivity contribution in [1.29, 1.82) is 0 Å². The zero-order chi connectivity index (χ0) is 14.6. The van der Waals surface area contributed by atoms with Crippen LogP contribution < -0.4 is 4.74 Å². The number of carboxylic acid groups (broad SMARTS) is 1. The second-order valence-electron chi connectivity index (χ2n) is 6.30. The number of ether oxygens (including phenoxy) is 1. The fourth-order valence-corrected chi connectivity index (χ4v) is 1.97. The third kappa shape index (κ3) is 5.33. The first-order valence-corrected chi connectivity index (χ1v) is 6.71. The molecule has 1 aromatic carbocycles. The lowest BCUT2D eigenvalue weighted by molar-refractivity contribution is -0.139. The molecule has 0 bridgehead atoms. The van der Waals surface area contributed by atoms with Gasteiger partial charge in [0.05, 0.1) is 5.92 Å². The van der Waals surface area contributed by atoms with Crippen molar-refractivity contribution in [2.45, 2.75) is 52.6 Å². The van der Waals surface area contributed by atoms with Crippen LogP contribution in [-0.4, -0.2) is 16.7 Å². The number of carboxylic acids is 1. The quantitative estimate of drug-likeness (QED) is 0.871. The number of benzene rings is 1. The Labute approximate surface area is 115 Å². The van der Waals surface area contributed by atoms with Gasteiger partial charge in [0.15, 0.2) is 0 Å². The molecule has 1 atom stereocenters. The minimum absolute atomic E-state index is 0.244. The second-order valence-corrected chi connectivity index (χ2v) is 6.30. The van der Waals surface area contributed by atoms with Crippen molar-refractivity contribution in [3.63, 3.8) is 0 Å². The summed E-state index contributed by atoms with van der Waals surface area (Å²) < 4.78 is 5.73. The number of aliphatic carboxylic acids is 1. The van der Waals surface area contributed by atoms with Crippen LogP contribution in [0.2, 0.25) is 0 Å². The highest BCUT2D eigenvalue weighted by Crippen LogP contribution is 2.27. The van der Waals surface area contributed by atoms with Crippen LogP contribution in [0.5, 0.6) is 5.75 Å². The summed E-state index contributed by atoms with van der Waals surface area (Å²) in [6.07, 6.45) is 0.648. The van der Waals surface area contributed by atoms with Crippen LogP contribution in [0.4, 0.5) is 0 Å². The first-order valence-electron chi connectivity index (χ1n) is 6.71. The van der Waals surface area contributed by atoms with E-state index in [0.29, 0.717) is 12.3 Å². The summed E-state index contributed by atoms with van der Waals surface area (Å²) >= 11 is 0. The monoisotopic (exact) mass is 264 g/mol. The average molecular weight is 264 g/mol. The lowest BCUT2D eigenvalue weighted by Gasteiger charge is -2.22. The van der Waals surface area contributed by atoms with E-state index in [1.54, 1.807) is 0 Å². The highest BCUT2D eigenvalue weighted by molar-refractivity contribution is 5.76. The fourth-order valence-electron chi connectivity index (χ4n) is 1.97. The van der Waals surface area contributed by atoms with Crippen LogP contribution in [0, 0.1) is 5.92 Å². The third-order valence-corrected chi connectivity index (χ3v) is 2.71. The van der Waals surface area contributed by atoms with Crippen molar-refractivity contribution in [1.82, 2.24) is 0 Å². The molecule has 0 heterocycles. The van der Waals surface area contributed by atoms with Gasteiger partial charge in [-0.05, 0) is 50.8 Å². The Bertz CT molecular complexity index is 413. The van der Waals surface area contributed by atoms with E-state index in [0.717, 1.165) is 11.3 Å². The maximum atomic E-state index is 11.3. The normalized spacial score (nSPS) is 13.4. The van der Waals surface area contributed by atoms with Gasteiger partial charge in [-0.1, -0.05) is 26.0 Å². The number of rotatable bonds is 5. The minimum atomic E-state index is -0.766. The Morgan fingerprint density at radius 3 is 2.11 bits per heavy atom. The van der Waals surface area contributed by atoms with Gasteiger partial charge in [-0.25, -0.2) is 0 Å². The van der Waals surface area contributed by atoms with Gasteiger partial charge in [0.2, 0.25) is 0 Å². The summed E-state index contributed by atoms with van der Waals surface area (Å²) in [5, 5.41) is 9.30. The lowest BCUT2D eigenvalue weighted by Crippen LogP contribution is -2.23. The standard InChI is InChI=1S/C16H24O3/c1-11(2)10-14(15(17)18)12-6-8-13(9-7-12)19-16(3,4)5/h6-9,11,14H,10H2,1-5H3,(H,17,18). The Balaban J connectivity index is 2.86. The second kappa shape index (κ2) is 6.09. The highest BCUT2D eigenvalue weighted by Gasteiger charge is 2.21. The van der Waals surface area contributed by atoms with Crippen LogP contribution in [0.25, 0.3) is 0 Å². The Morgan fingerprint density at radius 2 is 1.74 bits per heavy atom. The molecule has 0 spiro atoms. The van der Waals surface area contributed by atoms with Crippen molar-refractivity contribution in [3.05, 3.63) is 29.8 Å². The van der Waals surface area contributed by atoms with Crippen molar-refractivity contribution >= 4 is 5.97 Å². The molecule has 0 saturated heterocycles. The van der Waals surface area contributed by atoms with Gasteiger partial charge in [-0.3, -0.25) is 4.79 Å². The van der Waals surface area contributed by atoms with Gasteiger partial charge in [0.1, 0.15) is 11.4 Å². The molecule has 0 aliphatic rings. The molecular formula is C16H24O3. The molecule has 0 aromatic heterocycles. The molecule has 0 amide bonds. The van der Waals surface area contributed by atoms with Gasteiger partial charge >= 0.3 is 5.97 Å². The van der Waals surface area contributed by atoms with Crippen LogP contribution >= 0.6 is 0 Å². The van der Waals surface area contributed by atoms with Gasteiger partial charge in [0.25, 0.3) is 0 Å². The number of hydrogen-bond donors (Lipinski definition) is 1. The predicted octanol–water partition coefficient (Wildman–Crippen LogP) is 4.08. The Morgan fingerprint density at radius 1 is 1.21 bits per heavy atom. The minimum Gasteiger partial charge on any atom is -0.488 e. The van der Waals surface area contributed by atoms with Crippen molar-refractivity contribution in [2.24, 2.45) is 5.92 Å². The van der Waals surface area contributed by atoms with E-state index < -0.39 is 11.9 Å². The summed E-state index contributed by atoms with van der Waals surface area (Å²) in [7, 11) is 0. The molecule has 3 heteroatoms. The van der Waals surface area contributed by atoms with Crippen LogP contribution in [0.1, 0.15) is 52.5 Å². The summed E-state index contributed by atoms with van der Waals surface area (Å²) in [4.78, 5) is 11.3. The summed E-state index contributed by atoms with van der Waals surface area (Å²) in [5.41, 5.74) is 0.591. The number of hydrogen-bond acceptors (Lipinski definition) is 2. The third-order valence-electron chi connectivity index (χ3n) is 2.71. The van der Waals surface area contributed by atoms with E-state index in [-0.39, 0.29) is 5.60 Å². The molecule has 1 N–H and O–H groups in total. The van der Waals surface area contributed by atoms with E-state index in [1.165, 1.54) is 0 Å². The average Bonchev–Trinajstić information content (AvgIpc) is 2.24. The predicted molar refractivity (Wildman–Crippen MR) is 76.7 cm³/mol. The molecule has 0 aliphatic carbocycles. The maximum absolute atomic E-state index is 11.3. The van der Waals surface area contributed by atoms with Crippen LogP contribution in [-0.2, 0) is 4.79 Å². The molecule has 0 fully saturated rings. The van der Waals surface area contributed by atoms with Crippen molar-refractivity contribution in [3.8, 4) is 5.75 Å². The van der Waals surface area contributed by atoms with E-state index in [4.69, 9.17) is 4.74 Å². The molecule has 19 heavy (non-hydrogen) atoms. The molecule has 1 rings (SSSR count). The van der Waals surface area contributed by atoms with Crippen molar-refractivity contribution < 1.29 is 14.6 Å². The van der Waals surface area contributed by atoms with E-state index >= 15 is 0 Å². The topological polar surface area (TPSA) is 46.5 Å². The van der Waals surface area contributed by atoms with E-state index in [9.17, 15) is 9.90 Å². The zero-order valence-corrected chi connectivity index (χ0v) is 12.4. The summed E-state index contributed by atoms with van der Waals surface area (Å²) in [6.45, 7) is 10.0. The van der Waals surface area contributed by atoms with E-state index in [2.05, 4.69) is 0 Å². The fraction of sp³-hybridized carbons (Fsp3) is 0.562. The smallest absolute Gasteiger partial charge is 0.310 e. The summed E-state index contributed by atoms with van der Waals surface area (Å²) in [5.74, 6) is -0.0848. The highest BCUT2D eigenvalue weighted by atomic mass is 16.5. The summed E-state index contributed by atoms with van der Waals surface area (Å²) in [6, 6.07) is 7.39. The molecule has 3 nitrogen and oxygen atoms in total. The van der Waals surface area contributed by atoms with Gasteiger partial charge in [-0.15, -0.1) is 0 Å². The molecular weight excluding hydrogens is 240 g/mol. The van der Waals surface area contributed by atoms with Gasteiger partial charge < -0.3 is 9.84 Å². The first kappa shape index (κ1) is 15.5.